The number of carbonyl (C=O) groups excluding carboxylic acids is 4. The molecule has 210 valence electrons. The maximum atomic E-state index is 14.7. The summed E-state index contributed by atoms with van der Waals surface area (Å²) in [6.45, 7) is 4.29. The molecule has 0 aliphatic carbocycles. The number of benzene rings is 1. The van der Waals surface area contributed by atoms with Crippen LogP contribution in [0.1, 0.15) is 73.9 Å². The number of pyridine rings is 2. The fourth-order valence-corrected chi connectivity index (χ4v) is 3.46. The van der Waals surface area contributed by atoms with Crippen molar-refractivity contribution in [2.75, 3.05) is 6.54 Å². The number of nitrogens with one attached hydrogen (secondary N) is 4. The SMILES string of the molecule is CCNC(=O)c1cccc(C(=O)NCc2cc(F)c(CNC(=O)c3cccc(C(=O)NC(C)C)n3)c(F)c2F)n1. The summed E-state index contributed by atoms with van der Waals surface area (Å²) in [5.41, 5.74) is -1.59. The van der Waals surface area contributed by atoms with Gasteiger partial charge in [0.2, 0.25) is 0 Å². The quantitative estimate of drug-likeness (QED) is 0.283. The Balaban J connectivity index is 1.67. The highest BCUT2D eigenvalue weighted by molar-refractivity contribution is 5.97. The van der Waals surface area contributed by atoms with Gasteiger partial charge in [-0.25, -0.2) is 23.1 Å². The number of halogens is 3. The normalized spacial score (nSPS) is 10.7. The molecule has 0 fully saturated rings. The van der Waals surface area contributed by atoms with Crippen molar-refractivity contribution in [1.29, 1.82) is 0 Å². The summed E-state index contributed by atoms with van der Waals surface area (Å²) in [4.78, 5) is 56.8. The zero-order valence-corrected chi connectivity index (χ0v) is 21.9. The van der Waals surface area contributed by atoms with E-state index in [-0.39, 0.29) is 28.8 Å². The summed E-state index contributed by atoms with van der Waals surface area (Å²) >= 11 is 0. The Kier molecular flexibility index (Phi) is 9.90. The molecule has 10 nitrogen and oxygen atoms in total. The third-order valence-corrected chi connectivity index (χ3v) is 5.38. The highest BCUT2D eigenvalue weighted by Gasteiger charge is 2.21. The first-order valence-electron chi connectivity index (χ1n) is 12.3. The Morgan fingerprint density at radius 3 is 1.70 bits per heavy atom. The molecule has 0 atom stereocenters. The number of aromatic nitrogens is 2. The second-order valence-electron chi connectivity index (χ2n) is 8.79. The van der Waals surface area contributed by atoms with Gasteiger partial charge in [0.05, 0.1) is 0 Å². The van der Waals surface area contributed by atoms with Gasteiger partial charge >= 0.3 is 0 Å². The lowest BCUT2D eigenvalue weighted by Gasteiger charge is -2.12. The zero-order chi connectivity index (χ0) is 29.4. The van der Waals surface area contributed by atoms with E-state index in [0.29, 0.717) is 12.6 Å². The van der Waals surface area contributed by atoms with Crippen molar-refractivity contribution in [1.82, 2.24) is 31.2 Å². The summed E-state index contributed by atoms with van der Waals surface area (Å²) in [5, 5.41) is 9.73. The van der Waals surface area contributed by atoms with Crippen LogP contribution in [0, 0.1) is 17.5 Å². The third kappa shape index (κ3) is 7.40. The highest BCUT2D eigenvalue weighted by Crippen LogP contribution is 2.20. The van der Waals surface area contributed by atoms with E-state index in [1.165, 1.54) is 36.4 Å². The number of carbonyl (C=O) groups is 4. The summed E-state index contributed by atoms with van der Waals surface area (Å²) in [5.74, 6) is -6.74. The molecule has 2 heterocycles. The molecular weight excluding hydrogens is 529 g/mol. The smallest absolute Gasteiger partial charge is 0.270 e. The van der Waals surface area contributed by atoms with E-state index in [1.54, 1.807) is 20.8 Å². The maximum Gasteiger partial charge on any atom is 0.270 e. The number of amides is 4. The Labute approximate surface area is 227 Å². The van der Waals surface area contributed by atoms with E-state index in [4.69, 9.17) is 0 Å². The van der Waals surface area contributed by atoms with Crippen molar-refractivity contribution in [3.05, 3.63) is 93.8 Å². The Morgan fingerprint density at radius 1 is 0.725 bits per heavy atom. The lowest BCUT2D eigenvalue weighted by atomic mass is 10.1. The number of nitrogens with zero attached hydrogens (tertiary/aromatic N) is 2. The molecule has 0 radical (unpaired) electrons. The van der Waals surface area contributed by atoms with Gasteiger partial charge in [-0.15, -0.1) is 0 Å². The standard InChI is InChI=1S/C27H27F3N6O4/c1-4-31-24(37)18-7-5-8-19(35-18)25(38)32-12-15-11-17(28)16(23(30)22(15)29)13-33-26(39)20-9-6-10-21(36-20)27(40)34-14(2)3/h5-11,14H,4,12-13H2,1-3H3,(H,31,37)(H,32,38)(H,33,39)(H,34,40). The van der Waals surface area contributed by atoms with Crippen LogP contribution >= 0.6 is 0 Å². The minimum absolute atomic E-state index is 0.00933. The molecule has 13 heteroatoms. The van der Waals surface area contributed by atoms with E-state index in [0.717, 1.165) is 0 Å². The molecule has 0 saturated carbocycles. The van der Waals surface area contributed by atoms with Gasteiger partial charge in [-0.3, -0.25) is 19.2 Å². The molecule has 0 aliphatic heterocycles. The highest BCUT2D eigenvalue weighted by atomic mass is 19.2. The first kappa shape index (κ1) is 29.7. The molecule has 0 bridgehead atoms. The summed E-state index contributed by atoms with van der Waals surface area (Å²) in [7, 11) is 0. The molecule has 4 N–H and O–H groups in total. The van der Waals surface area contributed by atoms with Crippen LogP contribution in [0.2, 0.25) is 0 Å². The van der Waals surface area contributed by atoms with Gasteiger partial charge in [-0.1, -0.05) is 12.1 Å². The minimum Gasteiger partial charge on any atom is -0.351 e. The van der Waals surface area contributed by atoms with E-state index in [9.17, 15) is 32.3 Å². The van der Waals surface area contributed by atoms with Crippen molar-refractivity contribution in [3.8, 4) is 0 Å². The van der Waals surface area contributed by atoms with Crippen LogP contribution in [0.4, 0.5) is 13.2 Å². The molecule has 4 amide bonds. The molecule has 0 saturated heterocycles. The molecule has 2 aromatic heterocycles. The molecule has 3 aromatic rings. The molecule has 0 spiro atoms. The van der Waals surface area contributed by atoms with Gasteiger partial charge in [-0.05, 0) is 51.1 Å². The van der Waals surface area contributed by atoms with Crippen molar-refractivity contribution in [3.63, 3.8) is 0 Å². The average Bonchev–Trinajstić information content (AvgIpc) is 2.93. The molecular formula is C27H27F3N6O4. The lowest BCUT2D eigenvalue weighted by molar-refractivity contribution is 0.0923. The second-order valence-corrected chi connectivity index (χ2v) is 8.79. The third-order valence-electron chi connectivity index (χ3n) is 5.38. The van der Waals surface area contributed by atoms with Crippen molar-refractivity contribution >= 4 is 23.6 Å². The van der Waals surface area contributed by atoms with E-state index in [1.807, 2.05) is 0 Å². The molecule has 40 heavy (non-hydrogen) atoms. The first-order valence-corrected chi connectivity index (χ1v) is 12.3. The van der Waals surface area contributed by atoms with Crippen LogP contribution in [0.3, 0.4) is 0 Å². The average molecular weight is 557 g/mol. The monoisotopic (exact) mass is 556 g/mol. The molecule has 3 rings (SSSR count). The van der Waals surface area contributed by atoms with E-state index < -0.39 is 65.3 Å². The number of hydrogen-bond donors (Lipinski definition) is 4. The van der Waals surface area contributed by atoms with Gasteiger partial charge in [0.25, 0.3) is 23.6 Å². The Morgan fingerprint density at radius 2 is 1.20 bits per heavy atom. The van der Waals surface area contributed by atoms with Crippen LogP contribution in [0.15, 0.2) is 42.5 Å². The van der Waals surface area contributed by atoms with Gasteiger partial charge in [0, 0.05) is 36.8 Å². The molecule has 0 aliphatic rings. The van der Waals surface area contributed by atoms with Crippen molar-refractivity contribution in [2.45, 2.75) is 39.9 Å². The largest absolute Gasteiger partial charge is 0.351 e. The molecule has 0 unspecified atom stereocenters. The number of hydrogen-bond acceptors (Lipinski definition) is 6. The second kappa shape index (κ2) is 13.3. The summed E-state index contributed by atoms with van der Waals surface area (Å²) in [6.07, 6.45) is 0. The van der Waals surface area contributed by atoms with E-state index in [2.05, 4.69) is 31.2 Å². The van der Waals surface area contributed by atoms with E-state index >= 15 is 0 Å². The minimum atomic E-state index is -1.54. The van der Waals surface area contributed by atoms with Gasteiger partial charge in [-0.2, -0.15) is 0 Å². The van der Waals surface area contributed by atoms with Gasteiger partial charge < -0.3 is 21.3 Å². The zero-order valence-electron chi connectivity index (χ0n) is 21.9. The maximum absolute atomic E-state index is 14.7. The van der Waals surface area contributed by atoms with Crippen LogP contribution in [0.5, 0.6) is 0 Å². The van der Waals surface area contributed by atoms with Crippen LogP contribution in [0.25, 0.3) is 0 Å². The predicted molar refractivity (Wildman–Crippen MR) is 138 cm³/mol. The summed E-state index contributed by atoms with van der Waals surface area (Å²) in [6, 6.07) is 8.83. The van der Waals surface area contributed by atoms with Crippen LogP contribution in [-0.2, 0) is 13.1 Å². The summed E-state index contributed by atoms with van der Waals surface area (Å²) < 4.78 is 44.1. The van der Waals surface area contributed by atoms with Crippen molar-refractivity contribution < 1.29 is 32.3 Å². The van der Waals surface area contributed by atoms with Crippen molar-refractivity contribution in [2.24, 2.45) is 0 Å². The number of rotatable bonds is 10. The topological polar surface area (TPSA) is 142 Å². The van der Waals surface area contributed by atoms with Gasteiger partial charge in [0.15, 0.2) is 11.6 Å². The fraction of sp³-hybridized carbons (Fsp3) is 0.259. The Bertz CT molecular complexity index is 1450. The Hall–Kier alpha value is -4.81. The van der Waals surface area contributed by atoms with Crippen LogP contribution < -0.4 is 21.3 Å². The fourth-order valence-electron chi connectivity index (χ4n) is 3.46. The van der Waals surface area contributed by atoms with Gasteiger partial charge in [0.1, 0.15) is 28.6 Å². The lowest BCUT2D eigenvalue weighted by Crippen LogP contribution is -2.31. The van der Waals surface area contributed by atoms with Crippen LogP contribution in [-0.4, -0.2) is 46.2 Å². The molecule has 1 aromatic carbocycles. The predicted octanol–water partition coefficient (Wildman–Crippen LogP) is 2.64. The first-order chi connectivity index (χ1) is 19.0.